The van der Waals surface area contributed by atoms with Crippen molar-refractivity contribution in [2.75, 3.05) is 0 Å². The van der Waals surface area contributed by atoms with Gasteiger partial charge in [-0.25, -0.2) is 4.98 Å². The van der Waals surface area contributed by atoms with Gasteiger partial charge in [-0.1, -0.05) is 0 Å². The first-order chi connectivity index (χ1) is 4.79. The summed E-state index contributed by atoms with van der Waals surface area (Å²) < 4.78 is 5.96. The van der Waals surface area contributed by atoms with Crippen molar-refractivity contribution >= 4 is 52.7 Å². The van der Waals surface area contributed by atoms with Crippen molar-refractivity contribution in [2.24, 2.45) is 0 Å². The molecule has 0 spiro atoms. The molecule has 0 bridgehead atoms. The van der Waals surface area contributed by atoms with Gasteiger partial charge in [-0.15, -0.1) is 0 Å². The Morgan fingerprint density at radius 1 is 1.30 bits per heavy atom. The van der Waals surface area contributed by atoms with Crippen LogP contribution in [0.4, 0.5) is 0 Å². The van der Waals surface area contributed by atoms with Gasteiger partial charge in [0, 0.05) is 10.5 Å². The predicted octanol–water partition coefficient (Wildman–Crippen LogP) is 3.23. The molecule has 0 radical (unpaired) electrons. The van der Waals surface area contributed by atoms with E-state index in [-0.39, 0.29) is 0 Å². The third-order valence-electron chi connectivity index (χ3n) is 1.04. The van der Waals surface area contributed by atoms with Crippen molar-refractivity contribution in [3.05, 3.63) is 9.08 Å². The molecule has 0 unspecified atom stereocenters. The lowest BCUT2D eigenvalue weighted by molar-refractivity contribution is 1.39. The van der Waals surface area contributed by atoms with E-state index in [1.54, 1.807) is 10.3 Å². The summed E-state index contributed by atoms with van der Waals surface area (Å²) in [4.78, 5) is 4.21. The molecule has 0 amide bonds. The average molecular weight is 300 g/mol. The van der Waals surface area contributed by atoms with Crippen molar-refractivity contribution < 1.29 is 0 Å². The summed E-state index contributed by atoms with van der Waals surface area (Å²) >= 11 is 6.67. The molecule has 0 atom stereocenters. The van der Waals surface area contributed by atoms with E-state index >= 15 is 0 Å². The molecule has 2 aliphatic heterocycles. The van der Waals surface area contributed by atoms with Crippen LogP contribution in [0.5, 0.6) is 0 Å². The maximum Gasteiger partial charge on any atom is 0.156 e. The van der Waals surface area contributed by atoms with E-state index in [4.69, 9.17) is 0 Å². The quantitative estimate of drug-likeness (QED) is 0.698. The minimum atomic E-state index is 0.842. The van der Waals surface area contributed by atoms with Crippen LogP contribution >= 0.6 is 52.7 Å². The van der Waals surface area contributed by atoms with Crippen LogP contribution in [-0.4, -0.2) is 9.36 Å². The first kappa shape index (κ1) is 7.15. The molecule has 0 saturated carbocycles. The van der Waals surface area contributed by atoms with Crippen molar-refractivity contribution in [1.82, 2.24) is 9.36 Å². The monoisotopic (exact) mass is 298 g/mol. The van der Waals surface area contributed by atoms with Gasteiger partial charge in [0.05, 0.1) is 4.47 Å². The van der Waals surface area contributed by atoms with E-state index in [1.807, 2.05) is 0 Å². The lowest BCUT2D eigenvalue weighted by atomic mass is 10.5. The maximum absolute atomic E-state index is 4.21. The molecule has 2 aliphatic rings. The smallest absolute Gasteiger partial charge is 0.156 e. The fourth-order valence-electron chi connectivity index (χ4n) is 0.611. The van der Waals surface area contributed by atoms with Crippen molar-refractivity contribution in [3.63, 3.8) is 0 Å². The predicted molar refractivity (Wildman–Crippen MR) is 49.8 cm³/mol. The Balaban J connectivity index is 2.80. The van der Waals surface area contributed by atoms with E-state index in [9.17, 15) is 0 Å². The SMILES string of the molecule is Brc1nc2ssnc-2c1Br. The highest BCUT2D eigenvalue weighted by atomic mass is 79.9. The Morgan fingerprint density at radius 2 is 2.10 bits per heavy atom. The van der Waals surface area contributed by atoms with E-state index in [1.165, 1.54) is 10.5 Å². The number of hydrogen-bond acceptors (Lipinski definition) is 4. The first-order valence-electron chi connectivity index (χ1n) is 2.35. The summed E-state index contributed by atoms with van der Waals surface area (Å²) in [6.07, 6.45) is 0. The van der Waals surface area contributed by atoms with Gasteiger partial charge in [0.15, 0.2) is 5.01 Å². The zero-order valence-electron chi connectivity index (χ0n) is 4.47. The zero-order chi connectivity index (χ0) is 7.14. The summed E-state index contributed by atoms with van der Waals surface area (Å²) in [5, 5.41) is 0.990. The highest BCUT2D eigenvalue weighted by Gasteiger charge is 2.17. The number of halogens is 2. The zero-order valence-corrected chi connectivity index (χ0v) is 9.27. The molecule has 2 nitrogen and oxygen atoms in total. The minimum Gasteiger partial charge on any atom is -0.226 e. The summed E-state index contributed by atoms with van der Waals surface area (Å²) in [5.74, 6) is 0. The largest absolute Gasteiger partial charge is 0.226 e. The van der Waals surface area contributed by atoms with Crippen LogP contribution in [0.3, 0.4) is 0 Å². The molecule has 0 N–H and O–H groups in total. The number of nitrogens with zero attached hydrogens (tertiary/aromatic N) is 2. The van der Waals surface area contributed by atoms with Gasteiger partial charge < -0.3 is 0 Å². The standard InChI is InChI=1S/C4Br2N2S2/c5-1-2-4(7-3(1)6)9-10-8-2. The topological polar surface area (TPSA) is 25.8 Å². The summed E-state index contributed by atoms with van der Waals surface area (Å²) in [6.45, 7) is 0. The van der Waals surface area contributed by atoms with Crippen LogP contribution in [0.15, 0.2) is 9.08 Å². The molecular formula is C4Br2N2S2. The first-order valence-corrected chi connectivity index (χ1v) is 6.04. The van der Waals surface area contributed by atoms with Crippen LogP contribution in [0.2, 0.25) is 0 Å². The Hall–Kier alpha value is 0.480. The Morgan fingerprint density at radius 3 is 2.80 bits per heavy atom. The van der Waals surface area contributed by atoms with E-state index in [0.717, 1.165) is 19.8 Å². The second-order valence-corrected chi connectivity index (χ2v) is 5.00. The van der Waals surface area contributed by atoms with Gasteiger partial charge in [0.2, 0.25) is 0 Å². The number of hydrogen-bond donors (Lipinski definition) is 0. The Bertz CT molecular complexity index is 328. The van der Waals surface area contributed by atoms with Crippen LogP contribution in [0.25, 0.3) is 10.7 Å². The van der Waals surface area contributed by atoms with Crippen molar-refractivity contribution in [3.8, 4) is 10.7 Å². The fraction of sp³-hybridized carbons (Fsp3) is 0. The highest BCUT2D eigenvalue weighted by molar-refractivity contribution is 9.13. The lowest BCUT2D eigenvalue weighted by Crippen LogP contribution is -1.64. The average Bonchev–Trinajstić information content (AvgIpc) is 2.41. The molecule has 0 fully saturated rings. The molecule has 0 aromatic heterocycles. The third kappa shape index (κ3) is 0.939. The normalized spacial score (nSPS) is 11.0. The highest BCUT2D eigenvalue weighted by Crippen LogP contribution is 2.38. The third-order valence-corrected chi connectivity index (χ3v) is 4.59. The van der Waals surface area contributed by atoms with Crippen LogP contribution in [0, 0.1) is 0 Å². The van der Waals surface area contributed by atoms with Gasteiger partial charge in [0.1, 0.15) is 10.3 Å². The fourth-order valence-corrected chi connectivity index (χ4v) is 3.38. The summed E-state index contributed by atoms with van der Waals surface area (Å²) in [7, 11) is 3.04. The molecule has 10 heavy (non-hydrogen) atoms. The molecular weight excluding hydrogens is 300 g/mol. The molecule has 0 aromatic rings. The Labute approximate surface area is 81.4 Å². The van der Waals surface area contributed by atoms with E-state index in [2.05, 4.69) is 41.2 Å². The van der Waals surface area contributed by atoms with Crippen LogP contribution in [-0.2, 0) is 0 Å². The summed E-state index contributed by atoms with van der Waals surface area (Å²) in [6, 6.07) is 0. The molecule has 6 heteroatoms. The van der Waals surface area contributed by atoms with Gasteiger partial charge in [-0.3, -0.25) is 0 Å². The maximum atomic E-state index is 4.21. The van der Waals surface area contributed by atoms with Gasteiger partial charge >= 0.3 is 0 Å². The van der Waals surface area contributed by atoms with Gasteiger partial charge in [-0.2, -0.15) is 4.37 Å². The molecule has 2 heterocycles. The van der Waals surface area contributed by atoms with Crippen molar-refractivity contribution in [1.29, 1.82) is 0 Å². The molecule has 0 aromatic carbocycles. The lowest BCUT2D eigenvalue weighted by Gasteiger charge is -1.79. The van der Waals surface area contributed by atoms with E-state index < -0.39 is 0 Å². The Kier molecular flexibility index (Phi) is 1.79. The molecule has 0 aliphatic carbocycles. The minimum absolute atomic E-state index is 0.842. The number of aromatic nitrogens is 2. The van der Waals surface area contributed by atoms with E-state index in [0.29, 0.717) is 0 Å². The van der Waals surface area contributed by atoms with Crippen LogP contribution in [0.1, 0.15) is 0 Å². The van der Waals surface area contributed by atoms with Gasteiger partial charge in [0.25, 0.3) is 0 Å². The van der Waals surface area contributed by atoms with Gasteiger partial charge in [-0.05, 0) is 42.2 Å². The molecule has 0 saturated heterocycles. The van der Waals surface area contributed by atoms with Crippen molar-refractivity contribution in [2.45, 2.75) is 0 Å². The second kappa shape index (κ2) is 2.51. The number of rotatable bonds is 0. The summed E-state index contributed by atoms with van der Waals surface area (Å²) in [5.41, 5.74) is 0.960. The second-order valence-electron chi connectivity index (χ2n) is 1.62. The number of fused-ring (bicyclic) bond motifs is 1. The molecule has 52 valence electrons. The molecule has 2 rings (SSSR count). The van der Waals surface area contributed by atoms with Crippen LogP contribution < -0.4 is 0 Å².